The van der Waals surface area contributed by atoms with Gasteiger partial charge in [-0.2, -0.15) is 0 Å². The molecule has 0 fully saturated rings. The summed E-state index contributed by atoms with van der Waals surface area (Å²) in [5.74, 6) is -0.124. The zero-order valence-electron chi connectivity index (χ0n) is 16.2. The van der Waals surface area contributed by atoms with E-state index < -0.39 is 5.97 Å². The van der Waals surface area contributed by atoms with Gasteiger partial charge in [0.1, 0.15) is 5.75 Å². The Morgan fingerprint density at radius 3 is 2.36 bits per heavy atom. The number of nitrogens with zero attached hydrogens (tertiary/aromatic N) is 1. The van der Waals surface area contributed by atoms with Crippen LogP contribution in [0.15, 0.2) is 65.2 Å². The molecular formula is C23H25NO4. The molecule has 0 spiro atoms. The lowest BCUT2D eigenvalue weighted by Crippen LogP contribution is -2.15. The van der Waals surface area contributed by atoms with Crippen LogP contribution in [0.5, 0.6) is 5.75 Å². The normalized spacial score (nSPS) is 18.6. The van der Waals surface area contributed by atoms with E-state index in [1.165, 1.54) is 0 Å². The lowest BCUT2D eigenvalue weighted by molar-refractivity contribution is 0.0697. The van der Waals surface area contributed by atoms with Gasteiger partial charge >= 0.3 is 5.97 Å². The molecule has 5 nitrogen and oxygen atoms in total. The van der Waals surface area contributed by atoms with Crippen molar-refractivity contribution in [3.8, 4) is 5.75 Å². The molecule has 0 saturated heterocycles. The van der Waals surface area contributed by atoms with Gasteiger partial charge in [-0.05, 0) is 47.4 Å². The molecule has 1 aliphatic heterocycles. The van der Waals surface area contributed by atoms with Crippen LogP contribution in [0.3, 0.4) is 0 Å². The van der Waals surface area contributed by atoms with Crippen molar-refractivity contribution in [1.29, 1.82) is 0 Å². The molecule has 146 valence electrons. The topological polar surface area (TPSA) is 68.1 Å². The van der Waals surface area contributed by atoms with Gasteiger partial charge in [0.25, 0.3) is 0 Å². The average Bonchev–Trinajstić information content (AvgIpc) is 2.74. The number of aromatic carboxylic acids is 1. The van der Waals surface area contributed by atoms with E-state index in [2.05, 4.69) is 13.0 Å². The van der Waals surface area contributed by atoms with E-state index in [0.717, 1.165) is 28.9 Å². The lowest BCUT2D eigenvalue weighted by Gasteiger charge is -2.27. The van der Waals surface area contributed by atoms with Crippen molar-refractivity contribution in [3.05, 3.63) is 76.9 Å². The summed E-state index contributed by atoms with van der Waals surface area (Å²) in [6.07, 6.45) is 5.03. The van der Waals surface area contributed by atoms with Crippen molar-refractivity contribution in [2.24, 2.45) is 4.99 Å². The fourth-order valence-corrected chi connectivity index (χ4v) is 3.27. The van der Waals surface area contributed by atoms with Crippen LogP contribution in [-0.4, -0.2) is 37.6 Å². The van der Waals surface area contributed by atoms with Crippen molar-refractivity contribution in [2.45, 2.75) is 25.3 Å². The third-order valence-corrected chi connectivity index (χ3v) is 4.75. The van der Waals surface area contributed by atoms with Gasteiger partial charge in [0, 0.05) is 18.7 Å². The van der Waals surface area contributed by atoms with Gasteiger partial charge in [0.15, 0.2) is 0 Å². The number of hydrogen-bond acceptors (Lipinski definition) is 4. The third kappa shape index (κ3) is 4.67. The van der Waals surface area contributed by atoms with Gasteiger partial charge < -0.3 is 14.6 Å². The maximum Gasteiger partial charge on any atom is 0.335 e. The largest absolute Gasteiger partial charge is 0.497 e. The highest BCUT2D eigenvalue weighted by atomic mass is 16.5. The molecule has 28 heavy (non-hydrogen) atoms. The fourth-order valence-electron chi connectivity index (χ4n) is 3.27. The Labute approximate surface area is 165 Å². The number of carboxylic acids is 1. The number of dihydropyridines is 1. The summed E-state index contributed by atoms with van der Waals surface area (Å²) in [5, 5.41) is 9.16. The minimum atomic E-state index is -0.927. The summed E-state index contributed by atoms with van der Waals surface area (Å²) < 4.78 is 10.9. The number of hydrogen-bond donors (Lipinski definition) is 1. The highest BCUT2D eigenvalue weighted by Crippen LogP contribution is 2.38. The molecule has 2 unspecified atom stereocenters. The van der Waals surface area contributed by atoms with Crippen LogP contribution >= 0.6 is 0 Å². The van der Waals surface area contributed by atoms with Crippen LogP contribution in [0.1, 0.15) is 46.8 Å². The number of methoxy groups -OCH3 is 1. The van der Waals surface area contributed by atoms with E-state index in [-0.39, 0.29) is 17.5 Å². The maximum atomic E-state index is 11.2. The van der Waals surface area contributed by atoms with Crippen molar-refractivity contribution in [3.63, 3.8) is 0 Å². The van der Waals surface area contributed by atoms with Crippen LogP contribution in [0.25, 0.3) is 0 Å². The van der Waals surface area contributed by atoms with Crippen molar-refractivity contribution >= 4 is 12.2 Å². The number of carboxylic acid groups (broad SMARTS) is 1. The molecule has 2 aromatic rings. The van der Waals surface area contributed by atoms with Gasteiger partial charge in [-0.1, -0.05) is 37.3 Å². The molecule has 1 N–H and O–H groups in total. The molecule has 0 aliphatic carbocycles. The van der Waals surface area contributed by atoms with Gasteiger partial charge in [-0.15, -0.1) is 0 Å². The van der Waals surface area contributed by atoms with E-state index in [1.807, 2.05) is 42.6 Å². The summed E-state index contributed by atoms with van der Waals surface area (Å²) in [4.78, 5) is 16.0. The first-order valence-corrected chi connectivity index (χ1v) is 9.41. The van der Waals surface area contributed by atoms with Crippen LogP contribution in [0, 0.1) is 0 Å². The molecule has 0 radical (unpaired) electrons. The first kappa shape index (κ1) is 19.8. The second-order valence-corrected chi connectivity index (χ2v) is 6.74. The first-order valence-electron chi connectivity index (χ1n) is 9.41. The summed E-state index contributed by atoms with van der Waals surface area (Å²) in [5.41, 5.74) is 3.41. The van der Waals surface area contributed by atoms with Crippen molar-refractivity contribution in [1.82, 2.24) is 0 Å². The average molecular weight is 379 g/mol. The lowest BCUT2D eigenvalue weighted by atomic mass is 9.84. The fraction of sp³-hybridized carbons (Fsp3) is 0.304. The van der Waals surface area contributed by atoms with Gasteiger partial charge in [-0.3, -0.25) is 4.99 Å². The number of aliphatic imine (C=N–C) groups is 1. The molecule has 1 aliphatic rings. The number of rotatable bonds is 8. The molecule has 0 bridgehead atoms. The van der Waals surface area contributed by atoms with Gasteiger partial charge in [-0.25, -0.2) is 4.79 Å². The van der Waals surface area contributed by atoms with E-state index in [0.29, 0.717) is 13.2 Å². The van der Waals surface area contributed by atoms with Crippen LogP contribution < -0.4 is 4.74 Å². The summed E-state index contributed by atoms with van der Waals surface area (Å²) in [7, 11) is 1.64. The molecule has 2 atom stereocenters. The summed E-state index contributed by atoms with van der Waals surface area (Å²) in [6, 6.07) is 14.8. The minimum absolute atomic E-state index is 0.00136. The first-order chi connectivity index (χ1) is 13.6. The number of carbonyl (C=O) groups is 1. The Morgan fingerprint density at radius 2 is 1.75 bits per heavy atom. The van der Waals surface area contributed by atoms with E-state index in [1.54, 1.807) is 19.2 Å². The van der Waals surface area contributed by atoms with Crippen molar-refractivity contribution < 1.29 is 19.4 Å². The van der Waals surface area contributed by atoms with Crippen molar-refractivity contribution in [2.75, 3.05) is 20.3 Å². The molecule has 1 heterocycles. The Balaban J connectivity index is 1.91. The Hall–Kier alpha value is -2.92. The van der Waals surface area contributed by atoms with E-state index in [4.69, 9.17) is 19.6 Å². The molecule has 0 amide bonds. The molecule has 0 saturated carbocycles. The predicted octanol–water partition coefficient (Wildman–Crippen LogP) is 4.66. The Morgan fingerprint density at radius 1 is 1.07 bits per heavy atom. The number of ether oxygens (including phenoxy) is 2. The third-order valence-electron chi connectivity index (χ3n) is 4.75. The summed E-state index contributed by atoms with van der Waals surface area (Å²) in [6.45, 7) is 3.32. The molecule has 5 heteroatoms. The van der Waals surface area contributed by atoms with E-state index in [9.17, 15) is 4.79 Å². The SMILES string of the molecule is CCCOCC1=CC(c2ccc(C(=O)O)cc2)C(c2ccc(OC)cc2)N=C1. The van der Waals surface area contributed by atoms with Gasteiger partial charge in [0.2, 0.25) is 0 Å². The highest BCUT2D eigenvalue weighted by molar-refractivity contribution is 5.87. The smallest absolute Gasteiger partial charge is 0.335 e. The minimum Gasteiger partial charge on any atom is -0.497 e. The Kier molecular flexibility index (Phi) is 6.61. The standard InChI is InChI=1S/C23H25NO4/c1-3-12-28-15-16-13-21(17-4-6-19(7-5-17)23(25)26)22(24-14-16)18-8-10-20(27-2)11-9-18/h4-11,13-14,21-22H,3,12,15H2,1-2H3,(H,25,26). The Bertz CT molecular complexity index is 853. The highest BCUT2D eigenvalue weighted by Gasteiger charge is 2.26. The molecule has 2 aromatic carbocycles. The molecule has 0 aromatic heterocycles. The maximum absolute atomic E-state index is 11.2. The number of benzene rings is 2. The summed E-state index contributed by atoms with van der Waals surface area (Å²) >= 11 is 0. The van der Waals surface area contributed by atoms with E-state index >= 15 is 0 Å². The quantitative estimate of drug-likeness (QED) is 0.678. The van der Waals surface area contributed by atoms with Crippen LogP contribution in [0.4, 0.5) is 0 Å². The zero-order valence-corrected chi connectivity index (χ0v) is 16.2. The zero-order chi connectivity index (χ0) is 19.9. The molecule has 3 rings (SSSR count). The second kappa shape index (κ2) is 9.33. The van der Waals surface area contributed by atoms with Gasteiger partial charge in [0.05, 0.1) is 25.3 Å². The predicted molar refractivity (Wildman–Crippen MR) is 110 cm³/mol. The van der Waals surface area contributed by atoms with Crippen LogP contribution in [-0.2, 0) is 4.74 Å². The van der Waals surface area contributed by atoms with Crippen LogP contribution in [0.2, 0.25) is 0 Å². The monoisotopic (exact) mass is 379 g/mol. The second-order valence-electron chi connectivity index (χ2n) is 6.74. The molecular weight excluding hydrogens is 354 g/mol.